The number of benzene rings is 2. The number of rotatable bonds is 6. The van der Waals surface area contributed by atoms with E-state index in [4.69, 9.17) is 0 Å². The Hall–Kier alpha value is -4.01. The topological polar surface area (TPSA) is 88.5 Å². The molecule has 0 aliphatic carbocycles. The Kier molecular flexibility index (Phi) is 5.95. The van der Waals surface area contributed by atoms with Gasteiger partial charge in [0.25, 0.3) is 11.5 Å². The minimum atomic E-state index is -2.98. The molecule has 1 amide bonds. The summed E-state index contributed by atoms with van der Waals surface area (Å²) in [7, 11) is 0. The van der Waals surface area contributed by atoms with Gasteiger partial charge in [0.2, 0.25) is 0 Å². The summed E-state index contributed by atoms with van der Waals surface area (Å²) < 4.78 is 31.3. The Bertz CT molecular complexity index is 1390. The number of aromatic amines is 1. The lowest BCUT2D eigenvalue weighted by atomic mass is 10.1. The third-order valence-electron chi connectivity index (χ3n) is 5.46. The zero-order valence-corrected chi connectivity index (χ0v) is 18.2. The zero-order valence-electron chi connectivity index (χ0n) is 18.2. The third-order valence-corrected chi connectivity index (χ3v) is 5.46. The van der Waals surface area contributed by atoms with Gasteiger partial charge >= 0.3 is 6.61 Å². The summed E-state index contributed by atoms with van der Waals surface area (Å²) in [6.45, 7) is 2.65. The Balaban J connectivity index is 1.61. The van der Waals surface area contributed by atoms with Gasteiger partial charge in [-0.1, -0.05) is 30.3 Å². The molecular weight excluding hydrogens is 430 g/mol. The highest BCUT2D eigenvalue weighted by atomic mass is 19.3. The van der Waals surface area contributed by atoms with Crippen LogP contribution < -0.4 is 15.6 Å². The Labute approximate surface area is 188 Å². The molecule has 0 saturated heterocycles. The fraction of sp³-hybridized carbons (Fsp3) is 0.208. The first-order chi connectivity index (χ1) is 15.7. The van der Waals surface area contributed by atoms with E-state index in [2.05, 4.69) is 20.1 Å². The molecule has 9 heteroatoms. The molecule has 1 atom stereocenters. The summed E-state index contributed by atoms with van der Waals surface area (Å²) in [5.41, 5.74) is 3.38. The van der Waals surface area contributed by atoms with Gasteiger partial charge in [-0.2, -0.15) is 8.78 Å². The van der Waals surface area contributed by atoms with Crippen LogP contribution in [0, 0.1) is 13.8 Å². The van der Waals surface area contributed by atoms with Gasteiger partial charge in [0.05, 0.1) is 11.6 Å². The summed E-state index contributed by atoms with van der Waals surface area (Å²) in [6, 6.07) is 12.8. The van der Waals surface area contributed by atoms with E-state index in [1.807, 2.05) is 32.0 Å². The van der Waals surface area contributed by atoms with Crippen LogP contribution in [0.1, 0.15) is 40.0 Å². The highest BCUT2D eigenvalue weighted by Gasteiger charge is 2.19. The van der Waals surface area contributed by atoms with Crippen LogP contribution in [0.5, 0.6) is 5.75 Å². The number of para-hydroxylation sites is 1. The summed E-state index contributed by atoms with van der Waals surface area (Å²) in [4.78, 5) is 28.2. The molecule has 170 valence electrons. The monoisotopic (exact) mass is 452 g/mol. The smallest absolute Gasteiger partial charge is 0.387 e. The van der Waals surface area contributed by atoms with E-state index in [9.17, 15) is 18.4 Å². The molecule has 4 rings (SSSR count). The number of alkyl halides is 2. The van der Waals surface area contributed by atoms with E-state index in [1.54, 1.807) is 25.1 Å². The largest absolute Gasteiger partial charge is 0.434 e. The Morgan fingerprint density at radius 1 is 1.12 bits per heavy atom. The molecule has 2 aromatic heterocycles. The fourth-order valence-electron chi connectivity index (χ4n) is 3.55. The lowest BCUT2D eigenvalue weighted by Crippen LogP contribution is -2.26. The number of ether oxygens (including phenoxy) is 1. The van der Waals surface area contributed by atoms with Crippen molar-refractivity contribution in [1.29, 1.82) is 0 Å². The third kappa shape index (κ3) is 4.62. The standard InChI is InChI=1S/C24H22F2N4O3/c1-13-8-9-16(10-14(13)2)21-28-23(32)19-11-17(12-30(19)29-21)22(31)27-15(3)18-6-4-5-7-20(18)33-24(25)26/h4-12,15,24H,1-3H3,(H,27,31)(H,28,29,32). The van der Waals surface area contributed by atoms with Crippen LogP contribution in [-0.4, -0.2) is 27.1 Å². The minimum absolute atomic E-state index is 0.0153. The molecule has 2 N–H and O–H groups in total. The predicted octanol–water partition coefficient (Wildman–Crippen LogP) is 4.40. The van der Waals surface area contributed by atoms with Crippen molar-refractivity contribution >= 4 is 11.4 Å². The van der Waals surface area contributed by atoms with Gasteiger partial charge in [0.15, 0.2) is 5.82 Å². The molecule has 1 unspecified atom stereocenters. The van der Waals surface area contributed by atoms with Crippen LogP contribution in [0.2, 0.25) is 0 Å². The lowest BCUT2D eigenvalue weighted by molar-refractivity contribution is -0.0506. The van der Waals surface area contributed by atoms with Gasteiger partial charge in [-0.25, -0.2) is 4.52 Å². The number of carbonyl (C=O) groups is 1. The molecule has 7 nitrogen and oxygen atoms in total. The van der Waals surface area contributed by atoms with Gasteiger partial charge in [-0.3, -0.25) is 9.59 Å². The first-order valence-electron chi connectivity index (χ1n) is 10.3. The molecule has 0 saturated carbocycles. The molecule has 0 aliphatic heterocycles. The normalized spacial score (nSPS) is 12.2. The second-order valence-corrected chi connectivity index (χ2v) is 7.77. The number of fused-ring (bicyclic) bond motifs is 1. The summed E-state index contributed by atoms with van der Waals surface area (Å²) in [5, 5.41) is 7.19. The number of hydrogen-bond donors (Lipinski definition) is 2. The van der Waals surface area contributed by atoms with Gasteiger partial charge in [0, 0.05) is 17.3 Å². The highest BCUT2D eigenvalue weighted by molar-refractivity contribution is 5.95. The number of amides is 1. The molecule has 0 aliphatic rings. The van der Waals surface area contributed by atoms with Crippen LogP contribution in [-0.2, 0) is 0 Å². The van der Waals surface area contributed by atoms with Crippen LogP contribution in [0.3, 0.4) is 0 Å². The molecule has 0 bridgehead atoms. The second-order valence-electron chi connectivity index (χ2n) is 7.77. The number of halogens is 2. The maximum atomic E-state index is 12.8. The Morgan fingerprint density at radius 3 is 2.61 bits per heavy atom. The quantitative estimate of drug-likeness (QED) is 0.454. The van der Waals surface area contributed by atoms with Crippen LogP contribution in [0.15, 0.2) is 59.5 Å². The van der Waals surface area contributed by atoms with Gasteiger partial charge < -0.3 is 15.0 Å². The summed E-state index contributed by atoms with van der Waals surface area (Å²) in [6.07, 6.45) is 1.46. The molecular formula is C24H22F2N4O3. The van der Waals surface area contributed by atoms with Crippen molar-refractivity contribution in [1.82, 2.24) is 19.9 Å². The van der Waals surface area contributed by atoms with Crippen molar-refractivity contribution in [3.05, 3.63) is 87.3 Å². The summed E-state index contributed by atoms with van der Waals surface area (Å²) in [5.74, 6) is -0.116. The van der Waals surface area contributed by atoms with Crippen LogP contribution in [0.4, 0.5) is 8.78 Å². The first-order valence-corrected chi connectivity index (χ1v) is 10.3. The maximum absolute atomic E-state index is 12.8. The maximum Gasteiger partial charge on any atom is 0.387 e. The first kappa shape index (κ1) is 22.2. The summed E-state index contributed by atoms with van der Waals surface area (Å²) >= 11 is 0. The molecule has 0 radical (unpaired) electrons. The number of nitrogens with zero attached hydrogens (tertiary/aromatic N) is 2. The molecule has 4 aromatic rings. The number of hydrogen-bond acceptors (Lipinski definition) is 4. The number of H-pyrrole nitrogens is 1. The van der Waals surface area contributed by atoms with Crippen molar-refractivity contribution in [2.24, 2.45) is 0 Å². The van der Waals surface area contributed by atoms with E-state index in [0.29, 0.717) is 11.4 Å². The zero-order chi connectivity index (χ0) is 23.7. The van der Waals surface area contributed by atoms with Crippen molar-refractivity contribution in [2.45, 2.75) is 33.4 Å². The molecule has 0 fully saturated rings. The van der Waals surface area contributed by atoms with E-state index >= 15 is 0 Å². The minimum Gasteiger partial charge on any atom is -0.434 e. The molecule has 2 heterocycles. The Morgan fingerprint density at radius 2 is 1.88 bits per heavy atom. The predicted molar refractivity (Wildman–Crippen MR) is 120 cm³/mol. The fourth-order valence-corrected chi connectivity index (χ4v) is 3.55. The molecule has 33 heavy (non-hydrogen) atoms. The van der Waals surface area contributed by atoms with Crippen molar-refractivity contribution < 1.29 is 18.3 Å². The number of carbonyl (C=O) groups excluding carboxylic acids is 1. The number of aromatic nitrogens is 3. The SMILES string of the molecule is Cc1ccc(-c2nn3cc(C(=O)NC(C)c4ccccc4OC(F)F)cc3c(=O)[nH]2)cc1C. The van der Waals surface area contributed by atoms with Crippen molar-refractivity contribution in [3.8, 4) is 17.1 Å². The molecule has 0 spiro atoms. The van der Waals surface area contributed by atoms with E-state index in [1.165, 1.54) is 22.8 Å². The number of nitrogens with one attached hydrogen (secondary N) is 2. The highest BCUT2D eigenvalue weighted by Crippen LogP contribution is 2.26. The van der Waals surface area contributed by atoms with Gasteiger partial charge in [0.1, 0.15) is 11.3 Å². The van der Waals surface area contributed by atoms with E-state index < -0.39 is 18.6 Å². The average Bonchev–Trinajstić information content (AvgIpc) is 3.20. The van der Waals surface area contributed by atoms with E-state index in [-0.39, 0.29) is 22.4 Å². The number of aryl methyl sites for hydroxylation is 2. The van der Waals surface area contributed by atoms with Crippen molar-refractivity contribution in [2.75, 3.05) is 0 Å². The van der Waals surface area contributed by atoms with Crippen molar-refractivity contribution in [3.63, 3.8) is 0 Å². The second kappa shape index (κ2) is 8.85. The van der Waals surface area contributed by atoms with Gasteiger partial charge in [-0.05, 0) is 50.1 Å². The average molecular weight is 452 g/mol. The van der Waals surface area contributed by atoms with Gasteiger partial charge in [-0.15, -0.1) is 5.10 Å². The lowest BCUT2D eigenvalue weighted by Gasteiger charge is -2.17. The molecule has 2 aromatic carbocycles. The van der Waals surface area contributed by atoms with E-state index in [0.717, 1.165) is 16.7 Å². The van der Waals surface area contributed by atoms with Crippen LogP contribution in [0.25, 0.3) is 16.9 Å². The van der Waals surface area contributed by atoms with Crippen LogP contribution >= 0.6 is 0 Å².